The summed E-state index contributed by atoms with van der Waals surface area (Å²) in [5, 5.41) is 3.51. The molecule has 0 aliphatic carbocycles. The summed E-state index contributed by atoms with van der Waals surface area (Å²) in [6.07, 6.45) is 0.184. The van der Waals surface area contributed by atoms with Gasteiger partial charge in [0, 0.05) is 12.6 Å². The van der Waals surface area contributed by atoms with E-state index in [-0.39, 0.29) is 6.10 Å². The summed E-state index contributed by atoms with van der Waals surface area (Å²) >= 11 is 0. The number of ether oxygens (including phenoxy) is 2. The van der Waals surface area contributed by atoms with Crippen molar-refractivity contribution in [2.45, 2.75) is 32.6 Å². The molecule has 0 spiro atoms. The molecular formula is C15H23NO2. The number of nitrogens with one attached hydrogen (secondary N) is 1. The highest BCUT2D eigenvalue weighted by atomic mass is 16.5. The van der Waals surface area contributed by atoms with Gasteiger partial charge in [0.15, 0.2) is 0 Å². The van der Waals surface area contributed by atoms with Crippen LogP contribution in [0.1, 0.15) is 19.4 Å². The Balaban J connectivity index is 1.64. The number of morpholine rings is 1. The molecule has 2 atom stereocenters. The predicted molar refractivity (Wildman–Crippen MR) is 72.5 cm³/mol. The lowest BCUT2D eigenvalue weighted by Crippen LogP contribution is -2.50. The third-order valence-electron chi connectivity index (χ3n) is 3.34. The Kier molecular flexibility index (Phi) is 5.17. The molecule has 2 unspecified atom stereocenters. The lowest BCUT2D eigenvalue weighted by atomic mass is 10.0. The zero-order chi connectivity index (χ0) is 12.8. The van der Waals surface area contributed by atoms with Crippen molar-refractivity contribution in [3.8, 4) is 0 Å². The number of benzene rings is 1. The van der Waals surface area contributed by atoms with Gasteiger partial charge in [-0.2, -0.15) is 0 Å². The molecular weight excluding hydrogens is 226 g/mol. The molecule has 0 aromatic heterocycles. The van der Waals surface area contributed by atoms with Crippen LogP contribution in [0.4, 0.5) is 0 Å². The lowest BCUT2D eigenvalue weighted by Gasteiger charge is -2.32. The van der Waals surface area contributed by atoms with Gasteiger partial charge in [-0.1, -0.05) is 44.2 Å². The number of hydrogen-bond donors (Lipinski definition) is 1. The summed E-state index contributed by atoms with van der Waals surface area (Å²) in [5.41, 5.74) is 1.21. The predicted octanol–water partition coefficient (Wildman–Crippen LogP) is 2.22. The molecule has 1 saturated heterocycles. The van der Waals surface area contributed by atoms with E-state index in [0.717, 1.165) is 13.2 Å². The average molecular weight is 249 g/mol. The first-order valence-electron chi connectivity index (χ1n) is 6.72. The van der Waals surface area contributed by atoms with Crippen molar-refractivity contribution in [1.29, 1.82) is 0 Å². The molecule has 1 fully saturated rings. The first kappa shape index (κ1) is 13.5. The third-order valence-corrected chi connectivity index (χ3v) is 3.34. The molecule has 1 aromatic carbocycles. The quantitative estimate of drug-likeness (QED) is 0.868. The zero-order valence-corrected chi connectivity index (χ0v) is 11.3. The van der Waals surface area contributed by atoms with Crippen LogP contribution in [0.5, 0.6) is 0 Å². The van der Waals surface area contributed by atoms with Crippen LogP contribution in [0.15, 0.2) is 30.3 Å². The van der Waals surface area contributed by atoms with Crippen LogP contribution in [-0.2, 0) is 16.1 Å². The van der Waals surface area contributed by atoms with E-state index >= 15 is 0 Å². The maximum atomic E-state index is 5.80. The molecule has 3 heteroatoms. The third kappa shape index (κ3) is 4.09. The molecule has 2 rings (SSSR count). The van der Waals surface area contributed by atoms with Crippen molar-refractivity contribution in [2.24, 2.45) is 5.92 Å². The second kappa shape index (κ2) is 6.88. The van der Waals surface area contributed by atoms with Crippen LogP contribution >= 0.6 is 0 Å². The van der Waals surface area contributed by atoms with Crippen molar-refractivity contribution in [3.63, 3.8) is 0 Å². The molecule has 1 aromatic rings. The van der Waals surface area contributed by atoms with Crippen LogP contribution in [0.25, 0.3) is 0 Å². The monoisotopic (exact) mass is 249 g/mol. The largest absolute Gasteiger partial charge is 0.374 e. The highest BCUT2D eigenvalue weighted by Crippen LogP contribution is 2.10. The molecule has 3 nitrogen and oxygen atoms in total. The van der Waals surface area contributed by atoms with Gasteiger partial charge in [-0.3, -0.25) is 0 Å². The summed E-state index contributed by atoms with van der Waals surface area (Å²) in [5.74, 6) is 0.621. The lowest BCUT2D eigenvalue weighted by molar-refractivity contribution is -0.0557. The summed E-state index contributed by atoms with van der Waals surface area (Å²) in [7, 11) is 0. The van der Waals surface area contributed by atoms with Crippen LogP contribution in [0.2, 0.25) is 0 Å². The maximum Gasteiger partial charge on any atom is 0.0933 e. The fraction of sp³-hybridized carbons (Fsp3) is 0.600. The fourth-order valence-electron chi connectivity index (χ4n) is 2.06. The van der Waals surface area contributed by atoms with Gasteiger partial charge in [0.25, 0.3) is 0 Å². The van der Waals surface area contributed by atoms with Crippen molar-refractivity contribution in [2.75, 3.05) is 19.8 Å². The Hall–Kier alpha value is -0.900. The summed E-state index contributed by atoms with van der Waals surface area (Å²) in [6, 6.07) is 10.7. The minimum Gasteiger partial charge on any atom is -0.374 e. The molecule has 0 radical (unpaired) electrons. The molecule has 0 amide bonds. The Morgan fingerprint density at radius 3 is 2.72 bits per heavy atom. The molecule has 0 saturated carbocycles. The van der Waals surface area contributed by atoms with Crippen LogP contribution in [0, 0.1) is 5.92 Å². The SMILES string of the molecule is CC(C)C1COC(COCc2ccccc2)CN1. The second-order valence-corrected chi connectivity index (χ2v) is 5.21. The van der Waals surface area contributed by atoms with E-state index in [9.17, 15) is 0 Å². The minimum absolute atomic E-state index is 0.184. The second-order valence-electron chi connectivity index (χ2n) is 5.21. The Morgan fingerprint density at radius 2 is 2.11 bits per heavy atom. The van der Waals surface area contributed by atoms with E-state index in [2.05, 4.69) is 31.3 Å². The van der Waals surface area contributed by atoms with Gasteiger partial charge in [-0.05, 0) is 11.5 Å². The van der Waals surface area contributed by atoms with E-state index in [1.54, 1.807) is 0 Å². The fourth-order valence-corrected chi connectivity index (χ4v) is 2.06. The van der Waals surface area contributed by atoms with Crippen LogP contribution in [-0.4, -0.2) is 31.9 Å². The average Bonchev–Trinajstić information content (AvgIpc) is 2.40. The minimum atomic E-state index is 0.184. The standard InChI is InChI=1S/C15H23NO2/c1-12(2)15-11-18-14(8-16-15)10-17-9-13-6-4-3-5-7-13/h3-7,12,14-16H,8-11H2,1-2H3. The van der Waals surface area contributed by atoms with Gasteiger partial charge in [0.2, 0.25) is 0 Å². The van der Waals surface area contributed by atoms with Crippen molar-refractivity contribution in [1.82, 2.24) is 5.32 Å². The van der Waals surface area contributed by atoms with Gasteiger partial charge in [-0.25, -0.2) is 0 Å². The Labute approximate surface area is 109 Å². The normalized spacial score (nSPS) is 24.4. The highest BCUT2D eigenvalue weighted by molar-refractivity contribution is 5.13. The summed E-state index contributed by atoms with van der Waals surface area (Å²) in [4.78, 5) is 0. The van der Waals surface area contributed by atoms with Gasteiger partial charge in [-0.15, -0.1) is 0 Å². The first-order chi connectivity index (χ1) is 8.75. The highest BCUT2D eigenvalue weighted by Gasteiger charge is 2.22. The van der Waals surface area contributed by atoms with Crippen LogP contribution < -0.4 is 5.32 Å². The topological polar surface area (TPSA) is 30.5 Å². The van der Waals surface area contributed by atoms with E-state index < -0.39 is 0 Å². The maximum absolute atomic E-state index is 5.80. The van der Waals surface area contributed by atoms with E-state index in [1.165, 1.54) is 5.56 Å². The number of hydrogen-bond acceptors (Lipinski definition) is 3. The Morgan fingerprint density at radius 1 is 1.33 bits per heavy atom. The van der Waals surface area contributed by atoms with Crippen molar-refractivity contribution >= 4 is 0 Å². The van der Waals surface area contributed by atoms with E-state index in [0.29, 0.717) is 25.2 Å². The number of rotatable bonds is 5. The summed E-state index contributed by atoms with van der Waals surface area (Å²) < 4.78 is 11.5. The smallest absolute Gasteiger partial charge is 0.0933 e. The van der Waals surface area contributed by atoms with Gasteiger partial charge in [0.05, 0.1) is 25.9 Å². The zero-order valence-electron chi connectivity index (χ0n) is 11.3. The molecule has 18 heavy (non-hydrogen) atoms. The van der Waals surface area contributed by atoms with Crippen LogP contribution in [0.3, 0.4) is 0 Å². The Bertz CT molecular complexity index is 332. The van der Waals surface area contributed by atoms with Crippen molar-refractivity contribution < 1.29 is 9.47 Å². The molecule has 1 N–H and O–H groups in total. The summed E-state index contributed by atoms with van der Waals surface area (Å²) in [6.45, 7) is 7.43. The van der Waals surface area contributed by atoms with E-state index in [4.69, 9.17) is 9.47 Å². The van der Waals surface area contributed by atoms with Crippen molar-refractivity contribution in [3.05, 3.63) is 35.9 Å². The first-order valence-corrected chi connectivity index (χ1v) is 6.72. The van der Waals surface area contributed by atoms with Gasteiger partial charge >= 0.3 is 0 Å². The van der Waals surface area contributed by atoms with Gasteiger partial charge < -0.3 is 14.8 Å². The van der Waals surface area contributed by atoms with E-state index in [1.807, 2.05) is 18.2 Å². The molecule has 1 aliphatic rings. The molecule has 1 heterocycles. The molecule has 100 valence electrons. The molecule has 0 bridgehead atoms. The molecule has 1 aliphatic heterocycles. The van der Waals surface area contributed by atoms with Gasteiger partial charge in [0.1, 0.15) is 0 Å².